The molecule has 0 aromatic heterocycles. The van der Waals surface area contributed by atoms with Gasteiger partial charge in [0.05, 0.1) is 6.10 Å². The Hall–Kier alpha value is -0.770. The van der Waals surface area contributed by atoms with E-state index in [0.29, 0.717) is 12.5 Å². The van der Waals surface area contributed by atoms with Crippen LogP contribution in [-0.2, 0) is 0 Å². The number of rotatable bonds is 4. The first-order valence-electron chi connectivity index (χ1n) is 6.51. The molecule has 1 saturated heterocycles. The summed E-state index contributed by atoms with van der Waals surface area (Å²) in [5, 5.41) is 10.3. The van der Waals surface area contributed by atoms with Crippen molar-refractivity contribution in [1.82, 2.24) is 4.90 Å². The van der Waals surface area contributed by atoms with Gasteiger partial charge in [0, 0.05) is 30.6 Å². The average molecular weight is 268 g/mol. The van der Waals surface area contributed by atoms with Gasteiger partial charge in [0.1, 0.15) is 12.4 Å². The van der Waals surface area contributed by atoms with Crippen LogP contribution in [0.2, 0.25) is 5.02 Å². The molecule has 1 aliphatic heterocycles. The molecule has 3 nitrogen and oxygen atoms in total. The smallest absolute Gasteiger partial charge is 0.119 e. The molecule has 18 heavy (non-hydrogen) atoms. The Kier molecular flexibility index (Phi) is 3.46. The average Bonchev–Trinajstić information content (AvgIpc) is 2.69. The van der Waals surface area contributed by atoms with Gasteiger partial charge in [0.15, 0.2) is 0 Å². The number of aliphatic hydroxyl groups excluding tert-OH is 1. The molecule has 0 unspecified atom stereocenters. The van der Waals surface area contributed by atoms with Crippen LogP contribution in [0.3, 0.4) is 0 Å². The van der Waals surface area contributed by atoms with Crippen LogP contribution in [0, 0.1) is 11.8 Å². The predicted octanol–water partition coefficient (Wildman–Crippen LogP) is 2.03. The van der Waals surface area contributed by atoms with Crippen molar-refractivity contribution in [2.24, 2.45) is 11.8 Å². The molecular formula is C14H18ClNO2. The lowest BCUT2D eigenvalue weighted by atomic mass is 9.74. The number of halogens is 1. The summed E-state index contributed by atoms with van der Waals surface area (Å²) in [6, 6.07) is 7.45. The van der Waals surface area contributed by atoms with E-state index >= 15 is 0 Å². The molecule has 1 heterocycles. The highest BCUT2D eigenvalue weighted by atomic mass is 35.5. The summed E-state index contributed by atoms with van der Waals surface area (Å²) in [4.78, 5) is 2.39. The van der Waals surface area contributed by atoms with Gasteiger partial charge in [-0.05, 0) is 36.6 Å². The van der Waals surface area contributed by atoms with Crippen molar-refractivity contribution in [3.8, 4) is 5.75 Å². The number of hydrogen-bond donors (Lipinski definition) is 1. The molecule has 2 fully saturated rings. The highest BCUT2D eigenvalue weighted by molar-refractivity contribution is 6.30. The van der Waals surface area contributed by atoms with Gasteiger partial charge in [0.25, 0.3) is 0 Å². The topological polar surface area (TPSA) is 32.7 Å². The Morgan fingerprint density at radius 1 is 1.28 bits per heavy atom. The Bertz CT molecular complexity index is 409. The number of fused-ring (bicyclic) bond motifs is 1. The molecule has 1 aromatic carbocycles. The Labute approximate surface area is 112 Å². The van der Waals surface area contributed by atoms with Crippen LogP contribution in [0.4, 0.5) is 0 Å². The molecule has 4 heteroatoms. The van der Waals surface area contributed by atoms with E-state index in [9.17, 15) is 5.11 Å². The largest absolute Gasteiger partial charge is 0.492 e. The maximum absolute atomic E-state index is 9.59. The van der Waals surface area contributed by atoms with Gasteiger partial charge in [-0.2, -0.15) is 0 Å². The van der Waals surface area contributed by atoms with Crippen molar-refractivity contribution in [3.05, 3.63) is 29.3 Å². The summed E-state index contributed by atoms with van der Waals surface area (Å²) in [5.41, 5.74) is 0. The molecule has 1 N–H and O–H groups in total. The standard InChI is InChI=1S/C14H18ClNO2/c15-11-1-3-12(4-2-11)18-6-5-16-8-10-7-14(17)13(10)9-16/h1-4,10,13-14,17H,5-9H2/t10-,13+,14-/m1/s1. The lowest BCUT2D eigenvalue weighted by Gasteiger charge is -2.35. The van der Waals surface area contributed by atoms with Crippen LogP contribution >= 0.6 is 11.6 Å². The van der Waals surface area contributed by atoms with Gasteiger partial charge >= 0.3 is 0 Å². The van der Waals surface area contributed by atoms with Crippen LogP contribution in [0.5, 0.6) is 5.75 Å². The first-order chi connectivity index (χ1) is 8.72. The molecular weight excluding hydrogens is 250 g/mol. The number of ether oxygens (including phenoxy) is 1. The van der Waals surface area contributed by atoms with E-state index in [2.05, 4.69) is 4.90 Å². The van der Waals surface area contributed by atoms with Crippen LogP contribution in [-0.4, -0.2) is 42.4 Å². The first kappa shape index (κ1) is 12.3. The van der Waals surface area contributed by atoms with Gasteiger partial charge < -0.3 is 9.84 Å². The van der Waals surface area contributed by atoms with E-state index in [-0.39, 0.29) is 6.10 Å². The maximum Gasteiger partial charge on any atom is 0.119 e. The number of benzene rings is 1. The van der Waals surface area contributed by atoms with E-state index < -0.39 is 0 Å². The predicted molar refractivity (Wildman–Crippen MR) is 71.0 cm³/mol. The minimum atomic E-state index is -0.0582. The molecule has 3 atom stereocenters. The zero-order valence-electron chi connectivity index (χ0n) is 10.3. The summed E-state index contributed by atoms with van der Waals surface area (Å²) < 4.78 is 5.68. The highest BCUT2D eigenvalue weighted by Crippen LogP contribution is 2.40. The highest BCUT2D eigenvalue weighted by Gasteiger charge is 2.45. The molecule has 0 amide bonds. The first-order valence-corrected chi connectivity index (χ1v) is 6.89. The molecule has 1 aliphatic carbocycles. The molecule has 1 aromatic rings. The molecule has 0 radical (unpaired) electrons. The third kappa shape index (κ3) is 2.48. The second-order valence-electron chi connectivity index (χ2n) is 5.29. The second-order valence-corrected chi connectivity index (χ2v) is 5.73. The van der Waals surface area contributed by atoms with E-state index in [0.717, 1.165) is 42.7 Å². The van der Waals surface area contributed by atoms with E-state index in [1.165, 1.54) is 0 Å². The fourth-order valence-corrected chi connectivity index (χ4v) is 3.10. The van der Waals surface area contributed by atoms with Crippen LogP contribution in [0.15, 0.2) is 24.3 Å². The van der Waals surface area contributed by atoms with E-state index in [1.807, 2.05) is 24.3 Å². The minimum absolute atomic E-state index is 0.0582. The zero-order chi connectivity index (χ0) is 12.5. The van der Waals surface area contributed by atoms with Crippen molar-refractivity contribution < 1.29 is 9.84 Å². The fourth-order valence-electron chi connectivity index (χ4n) is 2.97. The monoisotopic (exact) mass is 267 g/mol. The lowest BCUT2D eigenvalue weighted by molar-refractivity contribution is -0.00435. The minimum Gasteiger partial charge on any atom is -0.492 e. The van der Waals surface area contributed by atoms with Gasteiger partial charge in [-0.3, -0.25) is 4.90 Å². The van der Waals surface area contributed by atoms with Crippen LogP contribution in [0.1, 0.15) is 6.42 Å². The van der Waals surface area contributed by atoms with Crippen LogP contribution < -0.4 is 4.74 Å². The molecule has 0 spiro atoms. The quantitative estimate of drug-likeness (QED) is 0.906. The number of likely N-dealkylation sites (tertiary alicyclic amines) is 1. The van der Waals surface area contributed by atoms with Crippen molar-refractivity contribution in [2.45, 2.75) is 12.5 Å². The summed E-state index contributed by atoms with van der Waals surface area (Å²) in [6.45, 7) is 3.76. The summed E-state index contributed by atoms with van der Waals surface area (Å²) in [7, 11) is 0. The fraction of sp³-hybridized carbons (Fsp3) is 0.571. The SMILES string of the molecule is O[C@@H]1C[C@@H]2CN(CCOc3ccc(Cl)cc3)C[C@@H]21. The summed E-state index contributed by atoms with van der Waals surface area (Å²) >= 11 is 5.81. The van der Waals surface area contributed by atoms with Gasteiger partial charge in [-0.15, -0.1) is 0 Å². The third-order valence-electron chi connectivity index (χ3n) is 4.10. The molecule has 1 saturated carbocycles. The molecule has 98 valence electrons. The molecule has 3 rings (SSSR count). The number of nitrogens with zero attached hydrogens (tertiary/aromatic N) is 1. The summed E-state index contributed by atoms with van der Waals surface area (Å²) in [5.74, 6) is 2.10. The normalized spacial score (nSPS) is 30.9. The second kappa shape index (κ2) is 5.08. The molecule has 2 aliphatic rings. The zero-order valence-corrected chi connectivity index (χ0v) is 11.0. The number of hydrogen-bond acceptors (Lipinski definition) is 3. The van der Waals surface area contributed by atoms with Crippen LogP contribution in [0.25, 0.3) is 0 Å². The van der Waals surface area contributed by atoms with Crippen molar-refractivity contribution in [3.63, 3.8) is 0 Å². The van der Waals surface area contributed by atoms with Gasteiger partial charge in [-0.25, -0.2) is 0 Å². The number of aliphatic hydroxyl groups is 1. The van der Waals surface area contributed by atoms with Crippen molar-refractivity contribution in [1.29, 1.82) is 0 Å². The Morgan fingerprint density at radius 3 is 2.72 bits per heavy atom. The molecule has 0 bridgehead atoms. The van der Waals surface area contributed by atoms with E-state index in [1.54, 1.807) is 0 Å². The third-order valence-corrected chi connectivity index (χ3v) is 4.35. The van der Waals surface area contributed by atoms with E-state index in [4.69, 9.17) is 16.3 Å². The Balaban J connectivity index is 1.41. The summed E-state index contributed by atoms with van der Waals surface area (Å²) in [6.07, 6.45) is 0.927. The van der Waals surface area contributed by atoms with Gasteiger partial charge in [-0.1, -0.05) is 11.6 Å². The lowest BCUT2D eigenvalue weighted by Crippen LogP contribution is -2.39. The maximum atomic E-state index is 9.59. The Morgan fingerprint density at radius 2 is 2.06 bits per heavy atom. The van der Waals surface area contributed by atoms with Crippen molar-refractivity contribution in [2.75, 3.05) is 26.2 Å². The van der Waals surface area contributed by atoms with Gasteiger partial charge in [0.2, 0.25) is 0 Å². The van der Waals surface area contributed by atoms with Crippen molar-refractivity contribution >= 4 is 11.6 Å².